The minimum absolute atomic E-state index is 0.496. The van der Waals surface area contributed by atoms with E-state index in [0.717, 1.165) is 6.26 Å². The number of sulfone groups is 1. The summed E-state index contributed by atoms with van der Waals surface area (Å²) in [4.78, 5) is 0. The summed E-state index contributed by atoms with van der Waals surface area (Å²) < 4.78 is 22.8. The van der Waals surface area contributed by atoms with E-state index in [2.05, 4.69) is 0 Å². The van der Waals surface area contributed by atoms with Crippen LogP contribution in [0.15, 0.2) is 24.3 Å². The van der Waals surface area contributed by atoms with Crippen molar-refractivity contribution in [3.05, 3.63) is 29.8 Å². The molecule has 0 fully saturated rings. The Labute approximate surface area is 95.0 Å². The molecular formula is C10H16N2O3S. The fourth-order valence-electron chi connectivity index (χ4n) is 1.45. The average molecular weight is 244 g/mol. The van der Waals surface area contributed by atoms with E-state index in [1.807, 2.05) is 0 Å². The molecule has 0 aliphatic rings. The van der Waals surface area contributed by atoms with Gasteiger partial charge >= 0.3 is 0 Å². The van der Waals surface area contributed by atoms with Crippen LogP contribution in [0.25, 0.3) is 0 Å². The highest BCUT2D eigenvalue weighted by Gasteiger charge is 2.27. The highest BCUT2D eigenvalue weighted by atomic mass is 32.2. The Morgan fingerprint density at radius 2 is 1.81 bits per heavy atom. The Bertz CT molecular complexity index is 442. The molecule has 0 amide bonds. The molecule has 5 N–H and O–H groups in total. The molecule has 0 heterocycles. The first-order valence-corrected chi connectivity index (χ1v) is 6.72. The third-order valence-electron chi connectivity index (χ3n) is 2.45. The topological polar surface area (TPSA) is 106 Å². The first-order valence-electron chi connectivity index (χ1n) is 4.77. The van der Waals surface area contributed by atoms with Crippen molar-refractivity contribution < 1.29 is 13.5 Å². The van der Waals surface area contributed by atoms with Crippen molar-refractivity contribution in [1.29, 1.82) is 0 Å². The zero-order valence-corrected chi connectivity index (χ0v) is 9.81. The van der Waals surface area contributed by atoms with Crippen LogP contribution in [0.5, 0.6) is 0 Å². The molecule has 0 radical (unpaired) electrons. The predicted octanol–water partition coefficient (Wildman–Crippen LogP) is -0.326. The van der Waals surface area contributed by atoms with Gasteiger partial charge in [-0.25, -0.2) is 8.42 Å². The lowest BCUT2D eigenvalue weighted by atomic mass is 10.0. The van der Waals surface area contributed by atoms with Crippen LogP contribution in [-0.2, 0) is 9.84 Å². The van der Waals surface area contributed by atoms with Crippen molar-refractivity contribution in [1.82, 2.24) is 0 Å². The molecule has 1 rings (SSSR count). The van der Waals surface area contributed by atoms with Crippen LogP contribution in [0.4, 0.5) is 5.69 Å². The second kappa shape index (κ2) is 4.82. The number of aliphatic hydroxyl groups is 1. The van der Waals surface area contributed by atoms with Crippen molar-refractivity contribution in [2.75, 3.05) is 18.6 Å². The van der Waals surface area contributed by atoms with E-state index in [4.69, 9.17) is 16.6 Å². The van der Waals surface area contributed by atoms with Gasteiger partial charge in [0.1, 0.15) is 5.25 Å². The second-order valence-electron chi connectivity index (χ2n) is 3.74. The maximum absolute atomic E-state index is 11.4. The zero-order chi connectivity index (χ0) is 12.3. The fourth-order valence-corrected chi connectivity index (χ4v) is 2.41. The molecule has 90 valence electrons. The molecule has 0 aliphatic heterocycles. The summed E-state index contributed by atoms with van der Waals surface area (Å²) in [7, 11) is -3.38. The standard InChI is InChI=1S/C10H16N2O3S/c1-16(14,15)9(6-13)10(12)7-2-4-8(11)5-3-7/h2-5,9-10,13H,6,11-12H2,1H3/t9-,10-/m1/s1. The van der Waals surface area contributed by atoms with Gasteiger partial charge in [-0.1, -0.05) is 12.1 Å². The highest BCUT2D eigenvalue weighted by molar-refractivity contribution is 7.91. The van der Waals surface area contributed by atoms with E-state index in [-0.39, 0.29) is 0 Å². The van der Waals surface area contributed by atoms with E-state index in [0.29, 0.717) is 11.3 Å². The third kappa shape index (κ3) is 2.94. The average Bonchev–Trinajstić information content (AvgIpc) is 2.17. The molecule has 0 saturated carbocycles. The molecule has 16 heavy (non-hydrogen) atoms. The maximum atomic E-state index is 11.4. The summed E-state index contributed by atoms with van der Waals surface area (Å²) in [6.45, 7) is -0.496. The van der Waals surface area contributed by atoms with Crippen molar-refractivity contribution in [2.45, 2.75) is 11.3 Å². The normalized spacial score (nSPS) is 15.7. The van der Waals surface area contributed by atoms with Crippen LogP contribution < -0.4 is 11.5 Å². The molecule has 0 unspecified atom stereocenters. The largest absolute Gasteiger partial charge is 0.399 e. The maximum Gasteiger partial charge on any atom is 0.154 e. The van der Waals surface area contributed by atoms with Gasteiger partial charge in [-0.3, -0.25) is 0 Å². The SMILES string of the molecule is CS(=O)(=O)[C@H](CO)[C@H](N)c1ccc(N)cc1. The minimum Gasteiger partial charge on any atom is -0.399 e. The number of aliphatic hydroxyl groups excluding tert-OH is 1. The highest BCUT2D eigenvalue weighted by Crippen LogP contribution is 2.20. The quantitative estimate of drug-likeness (QED) is 0.629. The molecule has 5 nitrogen and oxygen atoms in total. The number of hydrogen-bond donors (Lipinski definition) is 3. The van der Waals surface area contributed by atoms with Gasteiger partial charge in [0.05, 0.1) is 6.61 Å². The van der Waals surface area contributed by atoms with Gasteiger partial charge in [0.15, 0.2) is 9.84 Å². The van der Waals surface area contributed by atoms with Crippen molar-refractivity contribution in [2.24, 2.45) is 5.73 Å². The summed E-state index contributed by atoms with van der Waals surface area (Å²) in [5, 5.41) is 8.07. The molecule has 2 atom stereocenters. The summed E-state index contributed by atoms with van der Waals surface area (Å²) in [6.07, 6.45) is 1.06. The lowest BCUT2D eigenvalue weighted by Gasteiger charge is -2.20. The number of benzene rings is 1. The van der Waals surface area contributed by atoms with Gasteiger partial charge < -0.3 is 16.6 Å². The van der Waals surface area contributed by atoms with E-state index in [1.54, 1.807) is 24.3 Å². The molecule has 1 aromatic carbocycles. The van der Waals surface area contributed by atoms with Crippen molar-refractivity contribution in [3.8, 4) is 0 Å². The second-order valence-corrected chi connectivity index (χ2v) is 6.01. The number of nitrogens with two attached hydrogens (primary N) is 2. The summed E-state index contributed by atoms with van der Waals surface area (Å²) in [5.74, 6) is 0. The van der Waals surface area contributed by atoms with Gasteiger partial charge in [0, 0.05) is 18.0 Å². The first-order chi connectivity index (χ1) is 7.36. The Balaban J connectivity index is 3.00. The van der Waals surface area contributed by atoms with Gasteiger partial charge in [-0.05, 0) is 17.7 Å². The van der Waals surface area contributed by atoms with Crippen LogP contribution in [0, 0.1) is 0 Å². The van der Waals surface area contributed by atoms with Gasteiger partial charge in [-0.2, -0.15) is 0 Å². The molecule has 6 heteroatoms. The lowest BCUT2D eigenvalue weighted by Crippen LogP contribution is -2.36. The van der Waals surface area contributed by atoms with Crippen LogP contribution in [0.2, 0.25) is 0 Å². The van der Waals surface area contributed by atoms with Gasteiger partial charge in [-0.15, -0.1) is 0 Å². The van der Waals surface area contributed by atoms with Gasteiger partial charge in [0.2, 0.25) is 0 Å². The lowest BCUT2D eigenvalue weighted by molar-refractivity contribution is 0.278. The number of hydrogen-bond acceptors (Lipinski definition) is 5. The zero-order valence-electron chi connectivity index (χ0n) is 9.00. The summed E-state index contributed by atoms with van der Waals surface area (Å²) in [6, 6.07) is 5.86. The monoisotopic (exact) mass is 244 g/mol. The van der Waals surface area contributed by atoms with Crippen molar-refractivity contribution >= 4 is 15.5 Å². The van der Waals surface area contributed by atoms with Crippen molar-refractivity contribution in [3.63, 3.8) is 0 Å². The van der Waals surface area contributed by atoms with Crippen LogP contribution in [0.3, 0.4) is 0 Å². The Morgan fingerprint density at radius 1 is 1.31 bits per heavy atom. The number of anilines is 1. The molecule has 0 spiro atoms. The van der Waals surface area contributed by atoms with E-state index in [9.17, 15) is 8.42 Å². The van der Waals surface area contributed by atoms with Crippen LogP contribution in [0.1, 0.15) is 11.6 Å². The Hall–Kier alpha value is -1.11. The molecule has 0 bridgehead atoms. The van der Waals surface area contributed by atoms with Crippen LogP contribution in [-0.4, -0.2) is 31.6 Å². The third-order valence-corrected chi connectivity index (χ3v) is 3.99. The Kier molecular flexibility index (Phi) is 3.90. The molecule has 0 aliphatic carbocycles. The van der Waals surface area contributed by atoms with E-state index < -0.39 is 27.7 Å². The number of rotatable bonds is 4. The van der Waals surface area contributed by atoms with E-state index >= 15 is 0 Å². The Morgan fingerprint density at radius 3 is 2.19 bits per heavy atom. The smallest absolute Gasteiger partial charge is 0.154 e. The number of nitrogen functional groups attached to an aromatic ring is 1. The minimum atomic E-state index is -3.38. The molecular weight excluding hydrogens is 228 g/mol. The summed E-state index contributed by atoms with van der Waals surface area (Å²) >= 11 is 0. The van der Waals surface area contributed by atoms with Gasteiger partial charge in [0.25, 0.3) is 0 Å². The fraction of sp³-hybridized carbons (Fsp3) is 0.400. The first kappa shape index (κ1) is 13.0. The summed E-state index contributed by atoms with van der Waals surface area (Å²) in [5.41, 5.74) is 12.5. The molecule has 1 aromatic rings. The van der Waals surface area contributed by atoms with E-state index in [1.165, 1.54) is 0 Å². The van der Waals surface area contributed by atoms with Crippen LogP contribution >= 0.6 is 0 Å². The predicted molar refractivity (Wildman–Crippen MR) is 63.5 cm³/mol. The molecule has 0 aromatic heterocycles. The molecule has 0 saturated heterocycles.